The molecule has 0 spiro atoms. The van der Waals surface area contributed by atoms with Gasteiger partial charge in [-0.3, -0.25) is 4.79 Å². The second-order valence-electron chi connectivity index (χ2n) is 5.95. The van der Waals surface area contributed by atoms with Gasteiger partial charge in [-0.25, -0.2) is 0 Å². The molecule has 1 rings (SSSR count). The summed E-state index contributed by atoms with van der Waals surface area (Å²) in [5.41, 5.74) is 1.44. The molecule has 0 fully saturated rings. The summed E-state index contributed by atoms with van der Waals surface area (Å²) in [7, 11) is 0. The van der Waals surface area contributed by atoms with Crippen LogP contribution < -0.4 is 0 Å². The van der Waals surface area contributed by atoms with Crippen LogP contribution in [0.25, 0.3) is 0 Å². The Kier molecular flexibility index (Phi) is 7.14. The van der Waals surface area contributed by atoms with E-state index in [1.165, 1.54) is 17.3 Å². The fourth-order valence-corrected chi connectivity index (χ4v) is 3.03. The summed E-state index contributed by atoms with van der Waals surface area (Å²) in [4.78, 5) is 14.2. The van der Waals surface area contributed by atoms with Crippen molar-refractivity contribution in [3.8, 4) is 0 Å². The third kappa shape index (κ3) is 6.00. The van der Waals surface area contributed by atoms with E-state index in [-0.39, 0.29) is 10.7 Å². The van der Waals surface area contributed by atoms with Crippen molar-refractivity contribution in [1.29, 1.82) is 0 Å². The molecule has 20 heavy (non-hydrogen) atoms. The summed E-state index contributed by atoms with van der Waals surface area (Å²) in [6.45, 7) is 10.3. The Bertz CT molecular complexity index is 403. The monoisotopic (exact) mass is 293 g/mol. The second kappa shape index (κ2) is 8.35. The van der Waals surface area contributed by atoms with Crippen LogP contribution in [0.5, 0.6) is 0 Å². The molecule has 1 aromatic rings. The van der Waals surface area contributed by atoms with Crippen molar-refractivity contribution in [2.75, 3.05) is 18.8 Å². The lowest BCUT2D eigenvalue weighted by Crippen LogP contribution is -2.38. The van der Waals surface area contributed by atoms with E-state index in [2.05, 4.69) is 45.0 Å². The van der Waals surface area contributed by atoms with Crippen LogP contribution in [-0.2, 0) is 6.42 Å². The maximum absolute atomic E-state index is 12.2. The van der Waals surface area contributed by atoms with Gasteiger partial charge in [-0.1, -0.05) is 69.8 Å². The smallest absolute Gasteiger partial charge is 0.281 e. The SMILES string of the molecule is CCCN(CC(C)(C)Cc1ccccc1)C(=O)SCC. The second-order valence-corrected chi connectivity index (χ2v) is 7.16. The number of benzene rings is 1. The molecular weight excluding hydrogens is 266 g/mol. The molecule has 0 aliphatic carbocycles. The van der Waals surface area contributed by atoms with Gasteiger partial charge < -0.3 is 4.90 Å². The van der Waals surface area contributed by atoms with Gasteiger partial charge in [0.1, 0.15) is 0 Å². The molecule has 0 aliphatic heterocycles. The summed E-state index contributed by atoms with van der Waals surface area (Å²) in [5, 5.41) is 0.218. The van der Waals surface area contributed by atoms with Crippen LogP contribution in [0.1, 0.15) is 39.7 Å². The average Bonchev–Trinajstić information content (AvgIpc) is 2.39. The first-order chi connectivity index (χ1) is 9.48. The zero-order chi connectivity index (χ0) is 15.0. The number of thioether (sulfide) groups is 1. The van der Waals surface area contributed by atoms with Crippen LogP contribution in [0.4, 0.5) is 4.79 Å². The normalized spacial score (nSPS) is 11.4. The topological polar surface area (TPSA) is 20.3 Å². The lowest BCUT2D eigenvalue weighted by molar-refractivity contribution is 0.188. The molecule has 0 aromatic heterocycles. The largest absolute Gasteiger partial charge is 0.333 e. The van der Waals surface area contributed by atoms with Gasteiger partial charge >= 0.3 is 0 Å². The Morgan fingerprint density at radius 2 is 1.85 bits per heavy atom. The van der Waals surface area contributed by atoms with Gasteiger partial charge in [-0.2, -0.15) is 0 Å². The van der Waals surface area contributed by atoms with E-state index < -0.39 is 0 Å². The summed E-state index contributed by atoms with van der Waals surface area (Å²) in [6.07, 6.45) is 2.01. The molecule has 0 N–H and O–H groups in total. The number of amides is 1. The highest BCUT2D eigenvalue weighted by Gasteiger charge is 2.24. The van der Waals surface area contributed by atoms with Crippen molar-refractivity contribution in [3.63, 3.8) is 0 Å². The van der Waals surface area contributed by atoms with Crippen molar-refractivity contribution >= 4 is 17.0 Å². The molecule has 112 valence electrons. The zero-order valence-electron chi connectivity index (χ0n) is 13.2. The molecule has 0 heterocycles. The van der Waals surface area contributed by atoms with Gasteiger partial charge in [0.2, 0.25) is 0 Å². The summed E-state index contributed by atoms with van der Waals surface area (Å²) in [6, 6.07) is 10.5. The average molecular weight is 293 g/mol. The predicted octanol–water partition coefficient (Wildman–Crippen LogP) is 4.84. The minimum absolute atomic E-state index is 0.0977. The Morgan fingerprint density at radius 3 is 2.40 bits per heavy atom. The molecule has 0 saturated carbocycles. The molecule has 0 unspecified atom stereocenters. The minimum atomic E-state index is 0.0977. The summed E-state index contributed by atoms with van der Waals surface area (Å²) < 4.78 is 0. The van der Waals surface area contributed by atoms with Gasteiger partial charge in [0, 0.05) is 13.1 Å². The van der Waals surface area contributed by atoms with Gasteiger partial charge in [0.05, 0.1) is 0 Å². The molecule has 0 atom stereocenters. The van der Waals surface area contributed by atoms with Gasteiger partial charge in [-0.15, -0.1) is 0 Å². The predicted molar refractivity (Wildman–Crippen MR) is 89.3 cm³/mol. The molecule has 1 aromatic carbocycles. The Labute approximate surface area is 127 Å². The van der Waals surface area contributed by atoms with Crippen molar-refractivity contribution in [2.24, 2.45) is 5.41 Å². The fraction of sp³-hybridized carbons (Fsp3) is 0.588. The molecule has 0 radical (unpaired) electrons. The van der Waals surface area contributed by atoms with E-state index in [1.54, 1.807) is 0 Å². The number of carbonyl (C=O) groups is 1. The van der Waals surface area contributed by atoms with Gasteiger partial charge in [-0.05, 0) is 29.6 Å². The van der Waals surface area contributed by atoms with Crippen molar-refractivity contribution in [3.05, 3.63) is 35.9 Å². The molecule has 0 bridgehead atoms. The molecule has 2 nitrogen and oxygen atoms in total. The third-order valence-corrected chi connectivity index (χ3v) is 3.96. The Balaban J connectivity index is 2.67. The van der Waals surface area contributed by atoms with E-state index in [0.29, 0.717) is 0 Å². The third-order valence-electron chi connectivity index (χ3n) is 3.16. The van der Waals surface area contributed by atoms with Gasteiger partial charge in [0.25, 0.3) is 5.24 Å². The van der Waals surface area contributed by atoms with Crippen LogP contribution in [0, 0.1) is 5.41 Å². The van der Waals surface area contributed by atoms with Crippen LogP contribution in [0.15, 0.2) is 30.3 Å². The zero-order valence-corrected chi connectivity index (χ0v) is 14.0. The van der Waals surface area contributed by atoms with E-state index in [0.717, 1.165) is 31.7 Å². The number of carbonyl (C=O) groups excluding carboxylic acids is 1. The first-order valence-corrected chi connectivity index (χ1v) is 8.42. The Morgan fingerprint density at radius 1 is 1.20 bits per heavy atom. The van der Waals surface area contributed by atoms with E-state index in [9.17, 15) is 4.79 Å². The first kappa shape index (κ1) is 17.1. The van der Waals surface area contributed by atoms with Crippen LogP contribution in [0.2, 0.25) is 0 Å². The van der Waals surface area contributed by atoms with Crippen molar-refractivity contribution in [1.82, 2.24) is 4.90 Å². The highest BCUT2D eigenvalue weighted by molar-refractivity contribution is 8.13. The maximum Gasteiger partial charge on any atom is 0.281 e. The number of hydrogen-bond donors (Lipinski definition) is 0. The molecule has 0 saturated heterocycles. The fourth-order valence-electron chi connectivity index (χ4n) is 2.44. The van der Waals surface area contributed by atoms with E-state index in [4.69, 9.17) is 0 Å². The van der Waals surface area contributed by atoms with Crippen LogP contribution in [0.3, 0.4) is 0 Å². The number of nitrogens with zero attached hydrogens (tertiary/aromatic N) is 1. The van der Waals surface area contributed by atoms with Crippen molar-refractivity contribution < 1.29 is 4.79 Å². The number of rotatable bonds is 7. The highest BCUT2D eigenvalue weighted by atomic mass is 32.2. The maximum atomic E-state index is 12.2. The minimum Gasteiger partial charge on any atom is -0.333 e. The lowest BCUT2D eigenvalue weighted by Gasteiger charge is -2.32. The quantitative estimate of drug-likeness (QED) is 0.717. The van der Waals surface area contributed by atoms with Crippen molar-refractivity contribution in [2.45, 2.75) is 40.5 Å². The van der Waals surface area contributed by atoms with Crippen LogP contribution >= 0.6 is 11.8 Å². The highest BCUT2D eigenvalue weighted by Crippen LogP contribution is 2.25. The number of hydrogen-bond acceptors (Lipinski definition) is 2. The first-order valence-electron chi connectivity index (χ1n) is 7.44. The summed E-state index contributed by atoms with van der Waals surface area (Å²) >= 11 is 1.41. The van der Waals surface area contributed by atoms with E-state index in [1.807, 2.05) is 17.9 Å². The van der Waals surface area contributed by atoms with Crippen LogP contribution in [-0.4, -0.2) is 29.0 Å². The molecular formula is C17H27NOS. The molecule has 3 heteroatoms. The summed E-state index contributed by atoms with van der Waals surface area (Å²) in [5.74, 6) is 0.845. The van der Waals surface area contributed by atoms with E-state index >= 15 is 0 Å². The standard InChI is InChI=1S/C17H27NOS/c1-5-12-18(16(19)20-6-2)14-17(3,4)13-15-10-8-7-9-11-15/h7-11H,5-6,12-14H2,1-4H3. The van der Waals surface area contributed by atoms with Gasteiger partial charge in [0.15, 0.2) is 0 Å². The molecule has 0 aliphatic rings. The Hall–Kier alpha value is -0.960. The lowest BCUT2D eigenvalue weighted by atomic mass is 9.85. The molecule has 1 amide bonds.